The van der Waals surface area contributed by atoms with Gasteiger partial charge in [0.1, 0.15) is 12.1 Å². The van der Waals surface area contributed by atoms with Crippen LogP contribution in [0.5, 0.6) is 0 Å². The number of nitrogens with zero attached hydrogens (tertiary/aromatic N) is 10. The summed E-state index contributed by atoms with van der Waals surface area (Å²) < 4.78 is 4.92. The molecule has 0 unspecified atom stereocenters. The Hall–Kier alpha value is -3.60. The summed E-state index contributed by atoms with van der Waals surface area (Å²) in [5, 5.41) is 13.9. The Morgan fingerprint density at radius 1 is 1.03 bits per heavy atom. The molecule has 11 heteroatoms. The summed E-state index contributed by atoms with van der Waals surface area (Å²) in [6, 6.07) is 5.05. The highest BCUT2D eigenvalue weighted by Gasteiger charge is 2.21. The van der Waals surface area contributed by atoms with Crippen LogP contribution in [-0.2, 0) is 13.6 Å². The van der Waals surface area contributed by atoms with Gasteiger partial charge in [-0.05, 0) is 12.1 Å². The zero-order chi connectivity index (χ0) is 20.5. The van der Waals surface area contributed by atoms with E-state index in [9.17, 15) is 4.79 Å². The molecule has 0 aromatic carbocycles. The number of rotatable bonds is 5. The van der Waals surface area contributed by atoms with Crippen molar-refractivity contribution in [3.63, 3.8) is 0 Å². The molecule has 1 saturated heterocycles. The molecule has 4 aromatic rings. The molecule has 0 spiro atoms. The van der Waals surface area contributed by atoms with Gasteiger partial charge >= 0.3 is 0 Å². The van der Waals surface area contributed by atoms with Crippen molar-refractivity contribution in [3.8, 4) is 5.82 Å². The lowest BCUT2D eigenvalue weighted by atomic mass is 10.2. The summed E-state index contributed by atoms with van der Waals surface area (Å²) in [6.45, 7) is 4.79. The van der Waals surface area contributed by atoms with Crippen LogP contribution >= 0.6 is 0 Å². The standard InChI is InChI=1S/C19H22N10O/c1-25-13-15-18(24-25)20-14-21-19(15)27-10-7-26(8-11-27)9-12-29-17(30)4-3-16(23-29)28-6-2-5-22-28/h2-6,13-14H,7-12H2,1H3. The molecule has 5 rings (SSSR count). The van der Waals surface area contributed by atoms with Gasteiger partial charge in [0.15, 0.2) is 11.5 Å². The molecule has 0 bridgehead atoms. The van der Waals surface area contributed by atoms with Gasteiger partial charge in [0, 0.05) is 64.4 Å². The van der Waals surface area contributed by atoms with Crippen LogP contribution in [0.2, 0.25) is 0 Å². The lowest BCUT2D eigenvalue weighted by molar-refractivity contribution is 0.242. The van der Waals surface area contributed by atoms with E-state index >= 15 is 0 Å². The van der Waals surface area contributed by atoms with Crippen LogP contribution < -0.4 is 10.5 Å². The maximum atomic E-state index is 12.2. The zero-order valence-corrected chi connectivity index (χ0v) is 16.7. The minimum Gasteiger partial charge on any atom is -0.353 e. The van der Waals surface area contributed by atoms with E-state index in [4.69, 9.17) is 0 Å². The molecule has 0 saturated carbocycles. The van der Waals surface area contributed by atoms with Crippen molar-refractivity contribution in [2.24, 2.45) is 7.05 Å². The highest BCUT2D eigenvalue weighted by Crippen LogP contribution is 2.22. The number of piperazine rings is 1. The van der Waals surface area contributed by atoms with E-state index in [-0.39, 0.29) is 5.56 Å². The van der Waals surface area contributed by atoms with Crippen LogP contribution in [0.3, 0.4) is 0 Å². The average molecular weight is 406 g/mol. The van der Waals surface area contributed by atoms with Gasteiger partial charge in [0.05, 0.1) is 11.9 Å². The lowest BCUT2D eigenvalue weighted by Crippen LogP contribution is -2.48. The first-order valence-corrected chi connectivity index (χ1v) is 9.87. The Kier molecular flexibility index (Phi) is 4.71. The van der Waals surface area contributed by atoms with E-state index in [0.29, 0.717) is 18.0 Å². The summed E-state index contributed by atoms with van der Waals surface area (Å²) in [5.41, 5.74) is 0.608. The number of hydrogen-bond donors (Lipinski definition) is 0. The average Bonchev–Trinajstić information content (AvgIpc) is 3.42. The van der Waals surface area contributed by atoms with E-state index in [1.54, 1.807) is 28.0 Å². The van der Waals surface area contributed by atoms with Crippen LogP contribution in [-0.4, -0.2) is 76.9 Å². The Morgan fingerprint density at radius 3 is 2.70 bits per heavy atom. The van der Waals surface area contributed by atoms with Gasteiger partial charge in [-0.25, -0.2) is 19.3 Å². The second-order valence-electron chi connectivity index (χ2n) is 7.27. The molecule has 0 aliphatic carbocycles. The Balaban J connectivity index is 1.23. The lowest BCUT2D eigenvalue weighted by Gasteiger charge is -2.35. The SMILES string of the molecule is Cn1cc2c(N3CCN(CCn4nc(-n5cccn5)ccc4=O)CC3)ncnc2n1. The Bertz CT molecular complexity index is 1200. The number of aryl methyl sites for hydroxylation is 1. The highest BCUT2D eigenvalue weighted by atomic mass is 16.1. The van der Waals surface area contributed by atoms with Crippen molar-refractivity contribution in [2.45, 2.75) is 6.54 Å². The fourth-order valence-corrected chi connectivity index (χ4v) is 3.73. The summed E-state index contributed by atoms with van der Waals surface area (Å²) >= 11 is 0. The molecule has 0 radical (unpaired) electrons. The van der Waals surface area contributed by atoms with Gasteiger partial charge in [0.2, 0.25) is 0 Å². The summed E-state index contributed by atoms with van der Waals surface area (Å²) in [4.78, 5) is 25.5. The predicted molar refractivity (Wildman–Crippen MR) is 111 cm³/mol. The van der Waals surface area contributed by atoms with Crippen LogP contribution in [0.25, 0.3) is 16.9 Å². The fourth-order valence-electron chi connectivity index (χ4n) is 3.73. The molecule has 1 fully saturated rings. The molecule has 154 valence electrons. The van der Waals surface area contributed by atoms with E-state index in [1.807, 2.05) is 25.5 Å². The first-order valence-electron chi connectivity index (χ1n) is 9.87. The third-order valence-corrected chi connectivity index (χ3v) is 5.30. The smallest absolute Gasteiger partial charge is 0.266 e. The largest absolute Gasteiger partial charge is 0.353 e. The quantitative estimate of drug-likeness (QED) is 0.454. The monoisotopic (exact) mass is 406 g/mol. The molecule has 1 aliphatic rings. The van der Waals surface area contributed by atoms with Gasteiger partial charge in [-0.1, -0.05) is 0 Å². The van der Waals surface area contributed by atoms with Crippen molar-refractivity contribution < 1.29 is 0 Å². The van der Waals surface area contributed by atoms with Crippen LogP contribution in [0, 0.1) is 0 Å². The van der Waals surface area contributed by atoms with Gasteiger partial charge in [0.25, 0.3) is 5.56 Å². The predicted octanol–water partition coefficient (Wildman–Crippen LogP) is -0.0721. The second-order valence-corrected chi connectivity index (χ2v) is 7.27. The Labute approximate surface area is 172 Å². The first kappa shape index (κ1) is 18.4. The van der Waals surface area contributed by atoms with Crippen LogP contribution in [0.4, 0.5) is 5.82 Å². The molecule has 4 aromatic heterocycles. The fraction of sp³-hybridized carbons (Fsp3) is 0.368. The van der Waals surface area contributed by atoms with Crippen molar-refractivity contribution in [1.29, 1.82) is 0 Å². The van der Waals surface area contributed by atoms with E-state index < -0.39 is 0 Å². The van der Waals surface area contributed by atoms with Gasteiger partial charge in [-0.15, -0.1) is 5.10 Å². The number of aromatic nitrogens is 8. The van der Waals surface area contributed by atoms with Crippen molar-refractivity contribution >= 4 is 16.9 Å². The normalized spacial score (nSPS) is 15.2. The third-order valence-electron chi connectivity index (χ3n) is 5.30. The topological polar surface area (TPSA) is 103 Å². The van der Waals surface area contributed by atoms with E-state index in [1.165, 1.54) is 10.7 Å². The molecule has 1 aliphatic heterocycles. The maximum absolute atomic E-state index is 12.2. The molecule has 0 amide bonds. The number of hydrogen-bond acceptors (Lipinski definition) is 8. The van der Waals surface area contributed by atoms with Crippen LogP contribution in [0.1, 0.15) is 0 Å². The van der Waals surface area contributed by atoms with Crippen molar-refractivity contribution in [1.82, 2.24) is 44.2 Å². The molecule has 11 nitrogen and oxygen atoms in total. The zero-order valence-electron chi connectivity index (χ0n) is 16.7. The summed E-state index contributed by atoms with van der Waals surface area (Å²) in [5.74, 6) is 1.56. The summed E-state index contributed by atoms with van der Waals surface area (Å²) in [6.07, 6.45) is 7.03. The van der Waals surface area contributed by atoms with E-state index in [2.05, 4.69) is 35.1 Å². The van der Waals surface area contributed by atoms with Gasteiger partial charge in [-0.2, -0.15) is 10.2 Å². The highest BCUT2D eigenvalue weighted by molar-refractivity contribution is 5.86. The minimum atomic E-state index is -0.107. The van der Waals surface area contributed by atoms with Crippen molar-refractivity contribution in [3.05, 3.63) is 53.5 Å². The first-order chi connectivity index (χ1) is 14.7. The third kappa shape index (κ3) is 3.54. The van der Waals surface area contributed by atoms with E-state index in [0.717, 1.165) is 43.9 Å². The minimum absolute atomic E-state index is 0.107. The Morgan fingerprint density at radius 2 is 1.90 bits per heavy atom. The maximum Gasteiger partial charge on any atom is 0.266 e. The molecule has 5 heterocycles. The van der Waals surface area contributed by atoms with Gasteiger partial charge < -0.3 is 4.90 Å². The molecule has 0 atom stereocenters. The van der Waals surface area contributed by atoms with Crippen LogP contribution in [0.15, 0.2) is 47.9 Å². The molecule has 30 heavy (non-hydrogen) atoms. The number of fused-ring (bicyclic) bond motifs is 1. The second kappa shape index (κ2) is 7.67. The molecular weight excluding hydrogens is 384 g/mol. The molecular formula is C19H22N10O. The van der Waals surface area contributed by atoms with Gasteiger partial charge in [-0.3, -0.25) is 14.4 Å². The summed E-state index contributed by atoms with van der Waals surface area (Å²) in [7, 11) is 1.89. The van der Waals surface area contributed by atoms with Crippen molar-refractivity contribution in [2.75, 3.05) is 37.6 Å². The molecule has 0 N–H and O–H groups in total. The number of anilines is 1.